The number of thioether (sulfide) groups is 1. The maximum atomic E-state index is 13.3. The van der Waals surface area contributed by atoms with Gasteiger partial charge in [0.05, 0.1) is 31.7 Å². The molecule has 0 spiro atoms. The minimum Gasteiger partial charge on any atom is -0.493 e. The zero-order chi connectivity index (χ0) is 23.2. The molecular formula is C26H25BrN2O3S. The first-order valence-corrected chi connectivity index (χ1v) is 12.5. The fraction of sp³-hybridized carbons (Fsp3) is 0.231. The third-order valence-corrected chi connectivity index (χ3v) is 6.99. The van der Waals surface area contributed by atoms with Gasteiger partial charge >= 0.3 is 0 Å². The van der Waals surface area contributed by atoms with Gasteiger partial charge < -0.3 is 9.47 Å². The Labute approximate surface area is 206 Å². The molecule has 0 aliphatic carbocycles. The number of rotatable bonds is 8. The number of carbonyl (C=O) groups is 1. The summed E-state index contributed by atoms with van der Waals surface area (Å²) in [6.07, 6.45) is 0.597. The molecule has 33 heavy (non-hydrogen) atoms. The van der Waals surface area contributed by atoms with Crippen molar-refractivity contribution < 1.29 is 14.3 Å². The molecule has 0 bridgehead atoms. The molecule has 3 aromatic rings. The predicted molar refractivity (Wildman–Crippen MR) is 137 cm³/mol. The van der Waals surface area contributed by atoms with E-state index >= 15 is 0 Å². The number of hydrazone groups is 1. The Kier molecular flexibility index (Phi) is 7.73. The number of halogens is 1. The van der Waals surface area contributed by atoms with Crippen molar-refractivity contribution in [2.24, 2.45) is 5.10 Å². The van der Waals surface area contributed by atoms with Crippen LogP contribution in [0.5, 0.6) is 11.5 Å². The second-order valence-corrected chi connectivity index (χ2v) is 9.47. The summed E-state index contributed by atoms with van der Waals surface area (Å²) in [7, 11) is 3.23. The normalized spacial score (nSPS) is 15.3. The van der Waals surface area contributed by atoms with Crippen LogP contribution in [0, 0.1) is 0 Å². The van der Waals surface area contributed by atoms with E-state index in [9.17, 15) is 4.79 Å². The van der Waals surface area contributed by atoms with Crippen LogP contribution in [0.15, 0.2) is 82.4 Å². The quantitative estimate of drug-likeness (QED) is 0.358. The first kappa shape index (κ1) is 23.4. The lowest BCUT2D eigenvalue weighted by Gasteiger charge is -2.24. The van der Waals surface area contributed by atoms with Crippen molar-refractivity contribution >= 4 is 39.3 Å². The number of amides is 1. The lowest BCUT2D eigenvalue weighted by Crippen LogP contribution is -2.29. The van der Waals surface area contributed by atoms with Crippen LogP contribution in [-0.4, -0.2) is 36.6 Å². The molecule has 1 heterocycles. The SMILES string of the molecule is COc1cccc(C2CC(c3ccc(Br)cc3)=NN2C(=O)CSCc2ccccc2)c1OC. The highest BCUT2D eigenvalue weighted by atomic mass is 79.9. The van der Waals surface area contributed by atoms with Crippen LogP contribution in [0.3, 0.4) is 0 Å². The fourth-order valence-corrected chi connectivity index (χ4v) is 4.97. The van der Waals surface area contributed by atoms with E-state index in [1.165, 1.54) is 5.56 Å². The summed E-state index contributed by atoms with van der Waals surface area (Å²) < 4.78 is 12.2. The molecule has 1 aliphatic heterocycles. The summed E-state index contributed by atoms with van der Waals surface area (Å²) >= 11 is 5.08. The fourth-order valence-electron chi connectivity index (χ4n) is 3.87. The minimum atomic E-state index is -0.265. The summed E-state index contributed by atoms with van der Waals surface area (Å²) in [6.45, 7) is 0. The van der Waals surface area contributed by atoms with Crippen molar-refractivity contribution in [3.63, 3.8) is 0 Å². The van der Waals surface area contributed by atoms with Gasteiger partial charge in [-0.25, -0.2) is 5.01 Å². The lowest BCUT2D eigenvalue weighted by molar-refractivity contribution is -0.130. The third kappa shape index (κ3) is 5.42. The summed E-state index contributed by atoms with van der Waals surface area (Å²) in [5, 5.41) is 6.40. The molecule has 0 saturated heterocycles. The first-order chi connectivity index (χ1) is 16.1. The largest absolute Gasteiger partial charge is 0.493 e. The highest BCUT2D eigenvalue weighted by Crippen LogP contribution is 2.42. The van der Waals surface area contributed by atoms with Crippen molar-refractivity contribution in [2.75, 3.05) is 20.0 Å². The predicted octanol–water partition coefficient (Wildman–Crippen LogP) is 6.08. The molecule has 170 valence electrons. The zero-order valence-electron chi connectivity index (χ0n) is 18.5. The summed E-state index contributed by atoms with van der Waals surface area (Å²) in [5.41, 5.74) is 3.95. The average Bonchev–Trinajstić information content (AvgIpc) is 3.30. The van der Waals surface area contributed by atoms with Gasteiger partial charge in [-0.05, 0) is 29.3 Å². The van der Waals surface area contributed by atoms with Crippen LogP contribution in [0.2, 0.25) is 0 Å². The van der Waals surface area contributed by atoms with Gasteiger partial charge in [-0.15, -0.1) is 11.8 Å². The monoisotopic (exact) mass is 524 g/mol. The van der Waals surface area contributed by atoms with Crippen LogP contribution < -0.4 is 9.47 Å². The molecule has 1 amide bonds. The van der Waals surface area contributed by atoms with Crippen LogP contribution in [0.4, 0.5) is 0 Å². The maximum absolute atomic E-state index is 13.3. The van der Waals surface area contributed by atoms with Gasteiger partial charge in [0.25, 0.3) is 5.91 Å². The topological polar surface area (TPSA) is 51.1 Å². The Bertz CT molecular complexity index is 1140. The number of nitrogens with zero attached hydrogens (tertiary/aromatic N) is 2. The smallest absolute Gasteiger partial charge is 0.253 e. The van der Waals surface area contributed by atoms with E-state index in [4.69, 9.17) is 14.6 Å². The number of hydrogen-bond donors (Lipinski definition) is 0. The summed E-state index contributed by atoms with van der Waals surface area (Å²) in [5.74, 6) is 2.36. The number of ether oxygens (including phenoxy) is 2. The van der Waals surface area contributed by atoms with Crippen LogP contribution >= 0.6 is 27.7 Å². The van der Waals surface area contributed by atoms with E-state index in [1.54, 1.807) is 31.0 Å². The van der Waals surface area contributed by atoms with E-state index in [1.807, 2.05) is 60.7 Å². The molecule has 1 aliphatic rings. The van der Waals surface area contributed by atoms with Crippen LogP contribution in [0.1, 0.15) is 29.2 Å². The maximum Gasteiger partial charge on any atom is 0.253 e. The molecule has 5 nitrogen and oxygen atoms in total. The highest BCUT2D eigenvalue weighted by Gasteiger charge is 2.35. The first-order valence-electron chi connectivity index (χ1n) is 10.6. The molecule has 0 aromatic heterocycles. The average molecular weight is 525 g/mol. The van der Waals surface area contributed by atoms with Crippen molar-refractivity contribution in [1.29, 1.82) is 0 Å². The Morgan fingerprint density at radius 2 is 1.79 bits per heavy atom. The number of hydrogen-bond acceptors (Lipinski definition) is 5. The molecule has 4 rings (SSSR count). The molecule has 1 unspecified atom stereocenters. The number of para-hydroxylation sites is 1. The Balaban J connectivity index is 1.60. The number of carbonyl (C=O) groups excluding carboxylic acids is 1. The molecular weight excluding hydrogens is 500 g/mol. The molecule has 0 fully saturated rings. The van der Waals surface area contributed by atoms with Gasteiger partial charge in [-0.1, -0.05) is 70.5 Å². The zero-order valence-corrected chi connectivity index (χ0v) is 20.9. The van der Waals surface area contributed by atoms with Gasteiger partial charge in [0, 0.05) is 22.2 Å². The van der Waals surface area contributed by atoms with Gasteiger partial charge in [0.15, 0.2) is 11.5 Å². The summed E-state index contributed by atoms with van der Waals surface area (Å²) in [6, 6.07) is 23.6. The van der Waals surface area contributed by atoms with E-state index in [0.29, 0.717) is 23.7 Å². The van der Waals surface area contributed by atoms with Gasteiger partial charge in [-0.2, -0.15) is 5.10 Å². The minimum absolute atomic E-state index is 0.0297. The molecule has 1 atom stereocenters. The van der Waals surface area contributed by atoms with Crippen molar-refractivity contribution in [2.45, 2.75) is 18.2 Å². The molecule has 0 radical (unpaired) electrons. The Hall–Kier alpha value is -2.77. The molecule has 3 aromatic carbocycles. The Morgan fingerprint density at radius 1 is 1.03 bits per heavy atom. The van der Waals surface area contributed by atoms with Crippen molar-refractivity contribution in [3.05, 3.63) is 94.0 Å². The molecule has 0 saturated carbocycles. The second-order valence-electron chi connectivity index (χ2n) is 7.57. The summed E-state index contributed by atoms with van der Waals surface area (Å²) in [4.78, 5) is 13.3. The molecule has 7 heteroatoms. The van der Waals surface area contributed by atoms with E-state index < -0.39 is 0 Å². The van der Waals surface area contributed by atoms with Crippen LogP contribution in [-0.2, 0) is 10.5 Å². The van der Waals surface area contributed by atoms with Crippen molar-refractivity contribution in [3.8, 4) is 11.5 Å². The number of benzene rings is 3. The lowest BCUT2D eigenvalue weighted by atomic mass is 9.97. The third-order valence-electron chi connectivity index (χ3n) is 5.47. The van der Waals surface area contributed by atoms with Gasteiger partial charge in [0.2, 0.25) is 0 Å². The highest BCUT2D eigenvalue weighted by molar-refractivity contribution is 9.10. The van der Waals surface area contributed by atoms with E-state index in [-0.39, 0.29) is 11.9 Å². The van der Waals surface area contributed by atoms with Crippen molar-refractivity contribution in [1.82, 2.24) is 5.01 Å². The number of methoxy groups -OCH3 is 2. The van der Waals surface area contributed by atoms with E-state index in [2.05, 4.69) is 28.1 Å². The van der Waals surface area contributed by atoms with Crippen LogP contribution in [0.25, 0.3) is 0 Å². The standard InChI is InChI=1S/C26H25BrN2O3S/c1-31-24-10-6-9-21(26(24)32-2)23-15-22(19-11-13-20(27)14-12-19)28-29(23)25(30)17-33-16-18-7-4-3-5-8-18/h3-14,23H,15-17H2,1-2H3. The molecule has 0 N–H and O–H groups in total. The Morgan fingerprint density at radius 3 is 2.48 bits per heavy atom. The van der Waals surface area contributed by atoms with Gasteiger partial charge in [0.1, 0.15) is 0 Å². The van der Waals surface area contributed by atoms with E-state index in [0.717, 1.165) is 27.1 Å². The second kappa shape index (κ2) is 10.9. The van der Waals surface area contributed by atoms with Gasteiger partial charge in [-0.3, -0.25) is 4.79 Å².